The summed E-state index contributed by atoms with van der Waals surface area (Å²) in [5, 5.41) is 14.2. The number of carbonyl (C=O) groups excluding carboxylic acids is 1. The van der Waals surface area contributed by atoms with Gasteiger partial charge in [-0.2, -0.15) is 0 Å². The van der Waals surface area contributed by atoms with Crippen LogP contribution in [0.15, 0.2) is 53.7 Å². The van der Waals surface area contributed by atoms with Crippen molar-refractivity contribution in [2.75, 3.05) is 0 Å². The van der Waals surface area contributed by atoms with Crippen LogP contribution in [0.3, 0.4) is 0 Å². The number of aryl methyl sites for hydroxylation is 1. The lowest BCUT2D eigenvalue weighted by molar-refractivity contribution is -0.384. The summed E-state index contributed by atoms with van der Waals surface area (Å²) >= 11 is 0. The molecule has 2 aromatic rings. The SMILES string of the molecule is Cc1ccc(C(=O)O/N=C(\N)Cc2ccc([N+](=O)[O-])cc2)cc1. The van der Waals surface area contributed by atoms with Gasteiger partial charge >= 0.3 is 5.97 Å². The maximum Gasteiger partial charge on any atom is 0.365 e. The van der Waals surface area contributed by atoms with E-state index in [2.05, 4.69) is 5.16 Å². The number of hydrogen-bond donors (Lipinski definition) is 1. The van der Waals surface area contributed by atoms with Crippen molar-refractivity contribution >= 4 is 17.5 Å². The van der Waals surface area contributed by atoms with Gasteiger partial charge < -0.3 is 10.6 Å². The summed E-state index contributed by atoms with van der Waals surface area (Å²) in [6.45, 7) is 1.91. The van der Waals surface area contributed by atoms with Crippen molar-refractivity contribution in [2.24, 2.45) is 10.9 Å². The monoisotopic (exact) mass is 313 g/mol. The number of non-ortho nitro benzene ring substituents is 1. The molecule has 23 heavy (non-hydrogen) atoms. The predicted molar refractivity (Wildman–Crippen MR) is 85.0 cm³/mol. The van der Waals surface area contributed by atoms with Crippen molar-refractivity contribution in [1.29, 1.82) is 0 Å². The third kappa shape index (κ3) is 4.63. The van der Waals surface area contributed by atoms with E-state index in [0.29, 0.717) is 5.56 Å². The summed E-state index contributed by atoms with van der Waals surface area (Å²) in [6.07, 6.45) is 0.221. The summed E-state index contributed by atoms with van der Waals surface area (Å²) in [6, 6.07) is 12.8. The fourth-order valence-electron chi connectivity index (χ4n) is 1.82. The zero-order chi connectivity index (χ0) is 16.8. The normalized spacial score (nSPS) is 11.1. The van der Waals surface area contributed by atoms with Crippen LogP contribution in [0.4, 0.5) is 5.69 Å². The number of carbonyl (C=O) groups is 1. The van der Waals surface area contributed by atoms with Gasteiger partial charge in [0, 0.05) is 18.6 Å². The largest absolute Gasteiger partial charge is 0.384 e. The Morgan fingerprint density at radius 1 is 1.17 bits per heavy atom. The molecule has 0 aliphatic carbocycles. The molecular weight excluding hydrogens is 298 g/mol. The maximum atomic E-state index is 11.8. The fourth-order valence-corrected chi connectivity index (χ4v) is 1.82. The van der Waals surface area contributed by atoms with Gasteiger partial charge in [0.15, 0.2) is 0 Å². The van der Waals surface area contributed by atoms with E-state index < -0.39 is 10.9 Å². The minimum atomic E-state index is -0.600. The number of rotatable bonds is 5. The van der Waals surface area contributed by atoms with Gasteiger partial charge in [0.05, 0.1) is 10.5 Å². The molecule has 0 atom stereocenters. The second kappa shape index (κ2) is 7.17. The third-order valence-electron chi connectivity index (χ3n) is 3.07. The van der Waals surface area contributed by atoms with Crippen LogP contribution < -0.4 is 5.73 Å². The van der Waals surface area contributed by atoms with Crippen molar-refractivity contribution in [3.63, 3.8) is 0 Å². The quantitative estimate of drug-likeness (QED) is 0.300. The Labute approximate surface area is 132 Å². The van der Waals surface area contributed by atoms with Crippen LogP contribution in [0.2, 0.25) is 0 Å². The third-order valence-corrected chi connectivity index (χ3v) is 3.07. The maximum absolute atomic E-state index is 11.8. The van der Waals surface area contributed by atoms with Gasteiger partial charge in [-0.05, 0) is 24.6 Å². The molecule has 0 radical (unpaired) electrons. The minimum absolute atomic E-state index is 0.00457. The molecule has 0 aromatic heterocycles. The van der Waals surface area contributed by atoms with Crippen LogP contribution in [-0.4, -0.2) is 16.7 Å². The molecule has 7 heteroatoms. The Hall–Kier alpha value is -3.22. The first-order chi connectivity index (χ1) is 11.0. The summed E-state index contributed by atoms with van der Waals surface area (Å²) in [5.74, 6) is -0.504. The lowest BCUT2D eigenvalue weighted by atomic mass is 10.1. The molecule has 0 unspecified atom stereocenters. The fraction of sp³-hybridized carbons (Fsp3) is 0.125. The van der Waals surface area contributed by atoms with Gasteiger partial charge in [-0.1, -0.05) is 35.0 Å². The molecule has 2 N–H and O–H groups in total. The molecule has 2 aromatic carbocycles. The van der Waals surface area contributed by atoms with E-state index in [-0.39, 0.29) is 17.9 Å². The summed E-state index contributed by atoms with van der Waals surface area (Å²) < 4.78 is 0. The standard InChI is InChI=1S/C16H15N3O4/c1-11-2-6-13(7-3-11)16(20)23-18-15(17)10-12-4-8-14(9-5-12)19(21)22/h2-9H,10H2,1H3,(H2,17,18). The highest BCUT2D eigenvalue weighted by atomic mass is 16.7. The number of nitro benzene ring substituents is 1. The lowest BCUT2D eigenvalue weighted by Crippen LogP contribution is -2.16. The van der Waals surface area contributed by atoms with Gasteiger partial charge in [0.25, 0.3) is 5.69 Å². The van der Waals surface area contributed by atoms with E-state index in [4.69, 9.17) is 10.6 Å². The number of oxime groups is 1. The number of nitrogens with two attached hydrogens (primary N) is 1. The highest BCUT2D eigenvalue weighted by Gasteiger charge is 2.08. The van der Waals surface area contributed by atoms with Gasteiger partial charge in [-0.25, -0.2) is 4.79 Å². The van der Waals surface area contributed by atoms with E-state index >= 15 is 0 Å². The summed E-state index contributed by atoms with van der Waals surface area (Å²) in [5.41, 5.74) is 7.82. The molecule has 0 bridgehead atoms. The highest BCUT2D eigenvalue weighted by Crippen LogP contribution is 2.12. The van der Waals surface area contributed by atoms with Crippen LogP contribution in [0.25, 0.3) is 0 Å². The number of nitro groups is 1. The number of benzene rings is 2. The van der Waals surface area contributed by atoms with E-state index in [9.17, 15) is 14.9 Å². The van der Waals surface area contributed by atoms with Gasteiger partial charge in [-0.3, -0.25) is 10.1 Å². The molecule has 0 fully saturated rings. The molecule has 0 aliphatic heterocycles. The summed E-state index contributed by atoms with van der Waals surface area (Å²) in [4.78, 5) is 26.6. The smallest absolute Gasteiger partial charge is 0.365 e. The molecule has 0 saturated carbocycles. The molecule has 2 rings (SSSR count). The Morgan fingerprint density at radius 3 is 2.35 bits per heavy atom. The first kappa shape index (κ1) is 16.2. The predicted octanol–water partition coefficient (Wildman–Crippen LogP) is 2.57. The lowest BCUT2D eigenvalue weighted by Gasteiger charge is -2.02. The molecular formula is C16H15N3O4. The molecule has 0 spiro atoms. The second-order valence-electron chi connectivity index (χ2n) is 4.93. The minimum Gasteiger partial charge on any atom is -0.384 e. The van der Waals surface area contributed by atoms with Crippen molar-refractivity contribution in [3.8, 4) is 0 Å². The topological polar surface area (TPSA) is 108 Å². The van der Waals surface area contributed by atoms with Crippen LogP contribution in [0, 0.1) is 17.0 Å². The Balaban J connectivity index is 1.95. The average molecular weight is 313 g/mol. The van der Waals surface area contributed by atoms with Gasteiger partial charge in [-0.15, -0.1) is 0 Å². The number of nitrogens with zero attached hydrogens (tertiary/aromatic N) is 2. The van der Waals surface area contributed by atoms with E-state index in [1.165, 1.54) is 12.1 Å². The van der Waals surface area contributed by atoms with Crippen molar-refractivity contribution in [1.82, 2.24) is 0 Å². The Bertz CT molecular complexity index is 737. The van der Waals surface area contributed by atoms with Crippen LogP contribution in [0.5, 0.6) is 0 Å². The van der Waals surface area contributed by atoms with Crippen molar-refractivity contribution in [2.45, 2.75) is 13.3 Å². The van der Waals surface area contributed by atoms with Crippen LogP contribution >= 0.6 is 0 Å². The zero-order valence-electron chi connectivity index (χ0n) is 12.4. The number of hydrogen-bond acceptors (Lipinski definition) is 5. The van der Waals surface area contributed by atoms with E-state index in [1.54, 1.807) is 36.4 Å². The van der Waals surface area contributed by atoms with Crippen LogP contribution in [-0.2, 0) is 11.3 Å². The van der Waals surface area contributed by atoms with Gasteiger partial charge in [0.2, 0.25) is 0 Å². The zero-order valence-corrected chi connectivity index (χ0v) is 12.4. The van der Waals surface area contributed by atoms with Gasteiger partial charge in [0.1, 0.15) is 5.84 Å². The molecule has 0 aliphatic rings. The first-order valence-corrected chi connectivity index (χ1v) is 6.79. The Morgan fingerprint density at radius 2 is 1.78 bits per heavy atom. The van der Waals surface area contributed by atoms with E-state index in [1.807, 2.05) is 6.92 Å². The van der Waals surface area contributed by atoms with Crippen molar-refractivity contribution in [3.05, 3.63) is 75.3 Å². The second-order valence-corrected chi connectivity index (χ2v) is 4.93. The molecule has 0 amide bonds. The summed E-state index contributed by atoms with van der Waals surface area (Å²) in [7, 11) is 0. The van der Waals surface area contributed by atoms with E-state index in [0.717, 1.165) is 11.1 Å². The first-order valence-electron chi connectivity index (χ1n) is 6.79. The van der Waals surface area contributed by atoms with Crippen molar-refractivity contribution < 1.29 is 14.6 Å². The average Bonchev–Trinajstić information content (AvgIpc) is 2.54. The highest BCUT2D eigenvalue weighted by molar-refractivity contribution is 5.90. The molecule has 0 saturated heterocycles. The Kier molecular flexibility index (Phi) is 5.03. The molecule has 0 heterocycles. The molecule has 7 nitrogen and oxygen atoms in total. The molecule has 118 valence electrons. The number of amidine groups is 1. The van der Waals surface area contributed by atoms with Crippen LogP contribution in [0.1, 0.15) is 21.5 Å².